The van der Waals surface area contributed by atoms with Gasteiger partial charge in [-0.2, -0.15) is 0 Å². The number of aliphatic hydroxyl groups is 1. The molecule has 2 heterocycles. The van der Waals surface area contributed by atoms with Gasteiger partial charge in [-0.15, -0.1) is 0 Å². The lowest BCUT2D eigenvalue weighted by Crippen LogP contribution is -2.39. The Kier molecular flexibility index (Phi) is 9.39. The molecule has 2 saturated heterocycles. The summed E-state index contributed by atoms with van der Waals surface area (Å²) < 4.78 is 39.7. The summed E-state index contributed by atoms with van der Waals surface area (Å²) in [5.74, 6) is 0. The van der Waals surface area contributed by atoms with E-state index < -0.39 is 48.5 Å². The molecule has 2 rings (SSSR count). The molecule has 0 aromatic rings. The van der Waals surface area contributed by atoms with Crippen LogP contribution in [0.2, 0.25) is 0 Å². The molecule has 0 bridgehead atoms. The van der Waals surface area contributed by atoms with Gasteiger partial charge in [-0.05, 0) is 34.1 Å². The average Bonchev–Trinajstić information content (AvgIpc) is 3.04. The van der Waals surface area contributed by atoms with E-state index in [1.807, 2.05) is 13.8 Å². The molecule has 0 amide bonds. The summed E-state index contributed by atoms with van der Waals surface area (Å²) in [7, 11) is 11.5. The van der Waals surface area contributed by atoms with Crippen LogP contribution in [-0.2, 0) is 28.0 Å². The number of aliphatic hydroxyl groups excluding tert-OH is 1. The van der Waals surface area contributed by atoms with E-state index in [1.54, 1.807) is 13.8 Å². The first-order valence-electron chi connectivity index (χ1n) is 9.39. The Hall–Kier alpha value is 0.430. The van der Waals surface area contributed by atoms with Crippen LogP contribution in [0, 0.1) is 0 Å². The van der Waals surface area contributed by atoms with E-state index in [2.05, 4.69) is 0 Å². The zero-order valence-corrected chi connectivity index (χ0v) is 18.3. The Morgan fingerprint density at radius 1 is 1.18 bits per heavy atom. The lowest BCUT2D eigenvalue weighted by Gasteiger charge is -2.30. The predicted molar refractivity (Wildman–Crippen MR) is 105 cm³/mol. The van der Waals surface area contributed by atoms with Crippen LogP contribution in [0.4, 0.5) is 0 Å². The molecular formula is C16H28B2O8PS-. The van der Waals surface area contributed by atoms with E-state index in [-0.39, 0.29) is 25.4 Å². The van der Waals surface area contributed by atoms with Crippen LogP contribution in [0.5, 0.6) is 0 Å². The molecule has 158 valence electrons. The monoisotopic (exact) mass is 433 g/mol. The number of hydrogen-bond donors (Lipinski definition) is 1. The Balaban J connectivity index is 1.90. The van der Waals surface area contributed by atoms with Crippen molar-refractivity contribution in [1.29, 1.82) is 0 Å². The molecule has 12 heteroatoms. The van der Waals surface area contributed by atoms with Gasteiger partial charge < -0.3 is 33.5 Å². The van der Waals surface area contributed by atoms with Gasteiger partial charge in [-0.3, -0.25) is 4.57 Å². The van der Waals surface area contributed by atoms with Gasteiger partial charge >= 0.3 is 0 Å². The Morgan fingerprint density at radius 2 is 1.86 bits per heavy atom. The fourth-order valence-corrected chi connectivity index (χ4v) is 6.34. The van der Waals surface area contributed by atoms with E-state index in [9.17, 15) is 14.6 Å². The third-order valence-corrected chi connectivity index (χ3v) is 7.68. The standard InChI is InChI=1S/C16H29B2O8PS/c1-8(2)22-6-10-12(5-13(17)25-10)28-27(20,21)23-7-11-15(24-9(3)4)14(19)16(18)26-11/h8-16,19H,5-7H2,1-4H3,(H,20,21)/p-1/t10-,11-,12?,13-,14?,15?,16-/m1/s1. The van der Waals surface area contributed by atoms with Gasteiger partial charge in [-0.25, -0.2) is 0 Å². The van der Waals surface area contributed by atoms with Gasteiger partial charge in [0.25, 0.3) is 0 Å². The Labute approximate surface area is 173 Å². The normalized spacial score (nSPS) is 38.4. The lowest BCUT2D eigenvalue weighted by molar-refractivity contribution is -0.193. The largest absolute Gasteiger partial charge is 0.770 e. The maximum Gasteiger partial charge on any atom is 0.192 e. The fourth-order valence-electron chi connectivity index (χ4n) is 3.04. The van der Waals surface area contributed by atoms with Gasteiger partial charge in [0, 0.05) is 17.3 Å². The zero-order valence-electron chi connectivity index (χ0n) is 16.6. The summed E-state index contributed by atoms with van der Waals surface area (Å²) in [5.41, 5.74) is 0. The number of hydrogen-bond acceptors (Lipinski definition) is 9. The first-order valence-corrected chi connectivity index (χ1v) is 12.4. The SMILES string of the molecule is [B][C@@H]1O[C@H](COP(=O)([O-])SC2C[C@H]([B])O[C@@H]2COC(C)C)C(OC(C)C)C1O. The Morgan fingerprint density at radius 3 is 2.46 bits per heavy atom. The van der Waals surface area contributed by atoms with Crippen molar-refractivity contribution in [2.75, 3.05) is 13.2 Å². The maximum atomic E-state index is 12.5. The van der Waals surface area contributed by atoms with Crippen LogP contribution in [0.1, 0.15) is 34.1 Å². The molecule has 8 nitrogen and oxygen atoms in total. The molecule has 0 spiro atoms. The number of rotatable bonds is 10. The van der Waals surface area contributed by atoms with Crippen molar-refractivity contribution in [2.45, 2.75) is 88.0 Å². The van der Waals surface area contributed by atoms with E-state index in [0.29, 0.717) is 17.8 Å². The van der Waals surface area contributed by atoms with Crippen molar-refractivity contribution >= 4 is 33.9 Å². The molecule has 28 heavy (non-hydrogen) atoms. The van der Waals surface area contributed by atoms with Crippen LogP contribution < -0.4 is 4.89 Å². The summed E-state index contributed by atoms with van der Waals surface area (Å²) in [4.78, 5) is 12.5. The minimum atomic E-state index is -4.29. The van der Waals surface area contributed by atoms with Crippen LogP contribution in [0.25, 0.3) is 0 Å². The van der Waals surface area contributed by atoms with Gasteiger partial charge in [0.05, 0.1) is 31.5 Å². The lowest BCUT2D eigenvalue weighted by atomic mass is 9.93. The van der Waals surface area contributed by atoms with Crippen molar-refractivity contribution in [3.63, 3.8) is 0 Å². The molecule has 1 N–H and O–H groups in total. The molecular weight excluding hydrogens is 405 g/mol. The summed E-state index contributed by atoms with van der Waals surface area (Å²) in [6.45, 7) is 3.02. The third kappa shape index (κ3) is 7.29. The van der Waals surface area contributed by atoms with Crippen molar-refractivity contribution in [3.8, 4) is 0 Å². The second kappa shape index (κ2) is 10.6. The molecule has 4 radical (unpaired) electrons. The van der Waals surface area contributed by atoms with Crippen molar-refractivity contribution < 1.29 is 38.0 Å². The third-order valence-electron chi connectivity index (χ3n) is 4.28. The van der Waals surface area contributed by atoms with Gasteiger partial charge in [-0.1, -0.05) is 11.4 Å². The summed E-state index contributed by atoms with van der Waals surface area (Å²) >= 11 is 0.676. The highest BCUT2D eigenvalue weighted by atomic mass is 32.7. The van der Waals surface area contributed by atoms with Gasteiger partial charge in [0.15, 0.2) is 6.80 Å². The highest BCUT2D eigenvalue weighted by molar-refractivity contribution is 8.54. The first-order chi connectivity index (χ1) is 13.0. The van der Waals surface area contributed by atoms with Crippen LogP contribution in [-0.4, -0.2) is 87.9 Å². The van der Waals surface area contributed by atoms with Crippen LogP contribution in [0.15, 0.2) is 0 Å². The highest BCUT2D eigenvalue weighted by Crippen LogP contribution is 2.57. The topological polar surface area (TPSA) is 107 Å². The number of ether oxygens (including phenoxy) is 4. The summed E-state index contributed by atoms with van der Waals surface area (Å²) in [6, 6.07) is -1.51. The maximum absolute atomic E-state index is 12.5. The van der Waals surface area contributed by atoms with Gasteiger partial charge in [0.2, 0.25) is 0 Å². The van der Waals surface area contributed by atoms with Gasteiger partial charge in [0.1, 0.15) is 34.0 Å². The summed E-state index contributed by atoms with van der Waals surface area (Å²) in [5, 5.41) is 9.67. The van der Waals surface area contributed by atoms with E-state index in [4.69, 9.17) is 39.2 Å². The second-order valence-electron chi connectivity index (χ2n) is 7.50. The van der Waals surface area contributed by atoms with E-state index in [0.717, 1.165) is 0 Å². The first kappa shape index (κ1) is 24.7. The molecule has 0 aromatic heterocycles. The van der Waals surface area contributed by atoms with Crippen LogP contribution in [0.3, 0.4) is 0 Å². The second-order valence-corrected chi connectivity index (χ2v) is 11.4. The predicted octanol–water partition coefficient (Wildman–Crippen LogP) is 0.330. The molecule has 2 aliphatic rings. The van der Waals surface area contributed by atoms with Crippen LogP contribution >= 0.6 is 18.2 Å². The fraction of sp³-hybridized carbons (Fsp3) is 1.00. The van der Waals surface area contributed by atoms with Crippen molar-refractivity contribution in [2.24, 2.45) is 0 Å². The quantitative estimate of drug-likeness (QED) is 0.386. The van der Waals surface area contributed by atoms with Crippen molar-refractivity contribution in [3.05, 3.63) is 0 Å². The van der Waals surface area contributed by atoms with E-state index >= 15 is 0 Å². The molecule has 0 aliphatic carbocycles. The molecule has 4 unspecified atom stereocenters. The molecule has 0 saturated carbocycles. The molecule has 2 fully saturated rings. The van der Waals surface area contributed by atoms with E-state index in [1.165, 1.54) is 0 Å². The molecule has 8 atom stereocenters. The Bertz CT molecular complexity index is 543. The zero-order chi connectivity index (χ0) is 21.1. The average molecular weight is 433 g/mol. The highest BCUT2D eigenvalue weighted by Gasteiger charge is 2.43. The molecule has 0 aromatic carbocycles. The summed E-state index contributed by atoms with van der Waals surface area (Å²) in [6.07, 6.45) is -2.89. The molecule has 2 aliphatic heterocycles. The minimum Gasteiger partial charge on any atom is -0.770 e. The smallest absolute Gasteiger partial charge is 0.192 e. The minimum absolute atomic E-state index is 0.00516. The van der Waals surface area contributed by atoms with Crippen molar-refractivity contribution in [1.82, 2.24) is 0 Å².